The third-order valence-corrected chi connectivity index (χ3v) is 9.58. The molecule has 2 unspecified atom stereocenters. The minimum atomic E-state index is -0.743. The first-order chi connectivity index (χ1) is 26.8. The van der Waals surface area contributed by atoms with Crippen molar-refractivity contribution in [2.75, 3.05) is 59.3 Å². The van der Waals surface area contributed by atoms with Gasteiger partial charge in [0.15, 0.2) is 0 Å². The predicted molar refractivity (Wildman–Crippen MR) is 213 cm³/mol. The molecule has 0 aliphatic heterocycles. The molecule has 1 aromatic heterocycles. The molecule has 0 saturated heterocycles. The molecule has 1 heterocycles. The molecule has 318 valence electrons. The van der Waals surface area contributed by atoms with Gasteiger partial charge in [-0.25, -0.2) is 14.6 Å². The normalized spacial score (nSPS) is 12.2. The van der Waals surface area contributed by atoms with E-state index in [1.807, 2.05) is 15.7 Å². The Morgan fingerprint density at radius 2 is 1.00 bits per heavy atom. The van der Waals surface area contributed by atoms with Gasteiger partial charge in [0.2, 0.25) is 0 Å². The number of rotatable bonds is 36. The van der Waals surface area contributed by atoms with Crippen LogP contribution in [-0.4, -0.2) is 98.0 Å². The lowest BCUT2D eigenvalue weighted by atomic mass is 9.96. The van der Waals surface area contributed by atoms with Crippen molar-refractivity contribution in [2.24, 2.45) is 11.8 Å². The Balaban J connectivity index is 2.37. The van der Waals surface area contributed by atoms with E-state index in [1.165, 1.54) is 38.5 Å². The molecule has 0 bridgehead atoms. The van der Waals surface area contributed by atoms with Gasteiger partial charge in [-0.15, -0.1) is 0 Å². The van der Waals surface area contributed by atoms with E-state index in [9.17, 15) is 19.2 Å². The molecule has 0 aliphatic rings. The van der Waals surface area contributed by atoms with Crippen LogP contribution in [0.4, 0.5) is 9.59 Å². The molecule has 0 N–H and O–H groups in total. The maximum absolute atomic E-state index is 12.5. The Morgan fingerprint density at radius 3 is 1.44 bits per heavy atom. The summed E-state index contributed by atoms with van der Waals surface area (Å²) in [6.07, 6.45) is 22.9. The second-order valence-electron chi connectivity index (χ2n) is 14.5. The smallest absolute Gasteiger partial charge is 0.462 e. The monoisotopic (exact) mass is 782 g/mol. The van der Waals surface area contributed by atoms with Crippen LogP contribution >= 0.6 is 0 Å². The first-order valence-corrected chi connectivity index (χ1v) is 21.4. The molecule has 0 fully saturated rings. The van der Waals surface area contributed by atoms with Crippen LogP contribution in [0, 0.1) is 11.8 Å². The van der Waals surface area contributed by atoms with Crippen molar-refractivity contribution >= 4 is 24.2 Å². The van der Waals surface area contributed by atoms with Crippen LogP contribution in [0.3, 0.4) is 0 Å². The lowest BCUT2D eigenvalue weighted by Gasteiger charge is -2.21. The quantitative estimate of drug-likeness (QED) is 0.0363. The molecule has 13 nitrogen and oxygen atoms in total. The number of unbranched alkanes of at least 4 members (excludes halogenated alkanes) is 8. The Labute approximate surface area is 331 Å². The van der Waals surface area contributed by atoms with Crippen LogP contribution in [0.2, 0.25) is 0 Å². The van der Waals surface area contributed by atoms with E-state index < -0.39 is 24.2 Å². The van der Waals surface area contributed by atoms with E-state index in [4.69, 9.17) is 28.4 Å². The molecule has 1 rings (SSSR count). The van der Waals surface area contributed by atoms with Gasteiger partial charge in [0, 0.05) is 32.0 Å². The average molecular weight is 782 g/mol. The standard InChI is InChI=1S/C42H75N3O10/c1-5-9-13-15-20-37(18-11-7-3)34-54-41(48)52-32-30-50-39(46)22-27-44(25-17-26-45-29-24-43-36-45)28-23-40(47)51-31-33-53-42(49)55-35-38(19-12-8-4)21-16-14-10-6-2/h24,29,36-38H,5-23,25-28,30-35H2,1-4H3. The Hall–Kier alpha value is -3.35. The number of nitrogens with zero attached hydrogens (tertiary/aromatic N) is 3. The van der Waals surface area contributed by atoms with E-state index in [2.05, 4.69) is 32.7 Å². The van der Waals surface area contributed by atoms with Crippen molar-refractivity contribution in [1.82, 2.24) is 14.5 Å². The van der Waals surface area contributed by atoms with Crippen LogP contribution < -0.4 is 0 Å². The van der Waals surface area contributed by atoms with Crippen LogP contribution in [-0.2, 0) is 44.6 Å². The van der Waals surface area contributed by atoms with Gasteiger partial charge in [-0.2, -0.15) is 0 Å². The molecule has 0 aromatic carbocycles. The topological polar surface area (TPSA) is 145 Å². The lowest BCUT2D eigenvalue weighted by Crippen LogP contribution is -2.31. The van der Waals surface area contributed by atoms with Crippen molar-refractivity contribution in [3.05, 3.63) is 18.7 Å². The SMILES string of the molecule is CCCCCCC(CCCC)COC(=O)OCCOC(=O)CCN(CCCn1ccnc1)CCC(=O)OCCOC(=O)OCC(CCCC)CCCCCC. The maximum Gasteiger partial charge on any atom is 0.508 e. The first-order valence-electron chi connectivity index (χ1n) is 21.4. The minimum absolute atomic E-state index is 0.0642. The molecule has 0 aliphatic carbocycles. The fraction of sp³-hybridized carbons (Fsp3) is 0.833. The highest BCUT2D eigenvalue weighted by Gasteiger charge is 2.16. The molecular weight excluding hydrogens is 706 g/mol. The first kappa shape index (κ1) is 49.7. The summed E-state index contributed by atoms with van der Waals surface area (Å²) in [7, 11) is 0. The molecule has 0 amide bonds. The van der Waals surface area contributed by atoms with E-state index in [-0.39, 0.29) is 39.3 Å². The molecule has 13 heteroatoms. The van der Waals surface area contributed by atoms with Crippen molar-refractivity contribution < 1.29 is 47.6 Å². The van der Waals surface area contributed by atoms with Crippen LogP contribution in [0.25, 0.3) is 0 Å². The molecule has 0 saturated carbocycles. The summed E-state index contributed by atoms with van der Waals surface area (Å²) in [5.74, 6) is -0.190. The fourth-order valence-electron chi connectivity index (χ4n) is 6.22. The summed E-state index contributed by atoms with van der Waals surface area (Å²) in [6.45, 7) is 11.2. The van der Waals surface area contributed by atoms with Gasteiger partial charge in [-0.05, 0) is 50.5 Å². The maximum atomic E-state index is 12.5. The van der Waals surface area contributed by atoms with E-state index in [0.29, 0.717) is 44.7 Å². The predicted octanol–water partition coefficient (Wildman–Crippen LogP) is 9.30. The number of aryl methyl sites for hydroxylation is 1. The van der Waals surface area contributed by atoms with Crippen molar-refractivity contribution in [3.63, 3.8) is 0 Å². The molecule has 1 aromatic rings. The Kier molecular flexibility index (Phi) is 31.7. The van der Waals surface area contributed by atoms with Crippen molar-refractivity contribution in [3.8, 4) is 0 Å². The van der Waals surface area contributed by atoms with Crippen LogP contribution in [0.5, 0.6) is 0 Å². The van der Waals surface area contributed by atoms with Crippen LogP contribution in [0.15, 0.2) is 18.7 Å². The number of ether oxygens (including phenoxy) is 6. The second-order valence-corrected chi connectivity index (χ2v) is 14.5. The summed E-state index contributed by atoms with van der Waals surface area (Å²) in [6, 6.07) is 0. The van der Waals surface area contributed by atoms with Gasteiger partial charge in [0.05, 0.1) is 32.4 Å². The number of hydrogen-bond donors (Lipinski definition) is 0. The summed E-state index contributed by atoms with van der Waals surface area (Å²) in [4.78, 5) is 55.4. The largest absolute Gasteiger partial charge is 0.508 e. The molecule has 55 heavy (non-hydrogen) atoms. The Morgan fingerprint density at radius 1 is 0.545 bits per heavy atom. The van der Waals surface area contributed by atoms with Gasteiger partial charge in [0.25, 0.3) is 0 Å². The summed E-state index contributed by atoms with van der Waals surface area (Å²) in [5, 5.41) is 0. The zero-order chi connectivity index (χ0) is 40.2. The number of carbonyl (C=O) groups is 4. The average Bonchev–Trinajstić information content (AvgIpc) is 3.71. The van der Waals surface area contributed by atoms with E-state index in [1.54, 1.807) is 12.5 Å². The van der Waals surface area contributed by atoms with Crippen molar-refractivity contribution in [1.29, 1.82) is 0 Å². The second kappa shape index (κ2) is 35.1. The van der Waals surface area contributed by atoms with Crippen LogP contribution in [0.1, 0.15) is 150 Å². The number of imidazole rings is 1. The lowest BCUT2D eigenvalue weighted by molar-refractivity contribution is -0.145. The van der Waals surface area contributed by atoms with Gasteiger partial charge < -0.3 is 37.9 Å². The number of esters is 2. The highest BCUT2D eigenvalue weighted by atomic mass is 16.7. The van der Waals surface area contributed by atoms with E-state index >= 15 is 0 Å². The zero-order valence-corrected chi connectivity index (χ0v) is 34.8. The summed E-state index contributed by atoms with van der Waals surface area (Å²) in [5.41, 5.74) is 0. The molecule has 2 atom stereocenters. The number of hydrogen-bond acceptors (Lipinski definition) is 12. The summed E-state index contributed by atoms with van der Waals surface area (Å²) < 4.78 is 33.5. The van der Waals surface area contributed by atoms with Crippen molar-refractivity contribution in [2.45, 2.75) is 156 Å². The highest BCUT2D eigenvalue weighted by molar-refractivity contribution is 5.70. The summed E-state index contributed by atoms with van der Waals surface area (Å²) >= 11 is 0. The highest BCUT2D eigenvalue weighted by Crippen LogP contribution is 2.19. The van der Waals surface area contributed by atoms with Gasteiger partial charge in [-0.3, -0.25) is 9.59 Å². The third-order valence-electron chi connectivity index (χ3n) is 9.58. The third kappa shape index (κ3) is 29.6. The molecule has 0 spiro atoms. The van der Waals surface area contributed by atoms with Gasteiger partial charge in [0.1, 0.15) is 26.4 Å². The number of carbonyl (C=O) groups excluding carboxylic acids is 4. The Bertz CT molecular complexity index is 1020. The molecular formula is C42H75N3O10. The van der Waals surface area contributed by atoms with Gasteiger partial charge in [-0.1, -0.05) is 105 Å². The minimum Gasteiger partial charge on any atom is -0.462 e. The zero-order valence-electron chi connectivity index (χ0n) is 34.8. The van der Waals surface area contributed by atoms with E-state index in [0.717, 1.165) is 77.2 Å². The number of aromatic nitrogens is 2. The fourth-order valence-corrected chi connectivity index (χ4v) is 6.22. The van der Waals surface area contributed by atoms with Gasteiger partial charge >= 0.3 is 24.2 Å². The molecule has 0 radical (unpaired) electrons.